The van der Waals surface area contributed by atoms with Crippen molar-refractivity contribution in [1.29, 1.82) is 5.26 Å². The molecule has 1 aliphatic carbocycles. The van der Waals surface area contributed by atoms with Gasteiger partial charge in [-0.2, -0.15) is 5.26 Å². The van der Waals surface area contributed by atoms with Gasteiger partial charge in [-0.25, -0.2) is 4.79 Å². The first-order valence-electron chi connectivity index (χ1n) is 10.9. The highest BCUT2D eigenvalue weighted by Gasteiger charge is 2.28. The molecule has 0 saturated heterocycles. The summed E-state index contributed by atoms with van der Waals surface area (Å²) in [6.45, 7) is 3.89. The van der Waals surface area contributed by atoms with Crippen LogP contribution < -0.4 is 5.32 Å². The summed E-state index contributed by atoms with van der Waals surface area (Å²) >= 11 is 4.99. The number of anilines is 1. The predicted molar refractivity (Wildman–Crippen MR) is 137 cm³/mol. The first-order chi connectivity index (χ1) is 16.3. The maximum absolute atomic E-state index is 12.7. The van der Waals surface area contributed by atoms with E-state index in [1.807, 2.05) is 42.7 Å². The number of rotatable bonds is 5. The number of nitrogens with one attached hydrogen (secondary N) is 1. The lowest BCUT2D eigenvalue weighted by Crippen LogP contribution is -2.13. The fourth-order valence-corrected chi connectivity index (χ4v) is 6.06. The number of aromatic nitrogens is 1. The number of methoxy groups -OCH3 is 1. The number of benzene rings is 1. The van der Waals surface area contributed by atoms with Crippen molar-refractivity contribution in [1.82, 2.24) is 4.57 Å². The largest absolute Gasteiger partial charge is 0.465 e. The molecule has 0 aliphatic heterocycles. The lowest BCUT2D eigenvalue weighted by atomic mass is 9.95. The van der Waals surface area contributed by atoms with Crippen molar-refractivity contribution in [3.8, 4) is 11.1 Å². The molecule has 0 atom stereocenters. The highest BCUT2D eigenvalue weighted by Crippen LogP contribution is 2.39. The molecule has 6 nitrogen and oxygen atoms in total. The number of carbonyl (C=O) groups is 2. The highest BCUT2D eigenvalue weighted by molar-refractivity contribution is 9.10. The van der Waals surface area contributed by atoms with Crippen molar-refractivity contribution in [2.75, 3.05) is 12.4 Å². The Morgan fingerprint density at radius 3 is 2.59 bits per heavy atom. The molecule has 0 bridgehead atoms. The van der Waals surface area contributed by atoms with Crippen molar-refractivity contribution in [3.05, 3.63) is 73.3 Å². The van der Waals surface area contributed by atoms with E-state index in [0.29, 0.717) is 11.3 Å². The van der Waals surface area contributed by atoms with Gasteiger partial charge < -0.3 is 14.6 Å². The number of carbonyl (C=O) groups excluding carboxylic acids is 2. The molecular weight excluding hydrogens is 514 g/mol. The fraction of sp³-hybridized carbons (Fsp3) is 0.269. The maximum atomic E-state index is 12.7. The zero-order chi connectivity index (χ0) is 24.4. The molecule has 0 fully saturated rings. The van der Waals surface area contributed by atoms with Crippen LogP contribution in [0.15, 0.2) is 40.4 Å². The Morgan fingerprint density at radius 2 is 1.91 bits per heavy atom. The molecule has 4 rings (SSSR count). The average molecular weight is 538 g/mol. The van der Waals surface area contributed by atoms with Crippen LogP contribution in [-0.2, 0) is 22.4 Å². The first-order valence-corrected chi connectivity index (χ1v) is 12.6. The summed E-state index contributed by atoms with van der Waals surface area (Å²) in [7, 11) is 1.41. The average Bonchev–Trinajstić information content (AvgIpc) is 3.34. The Hall–Kier alpha value is -3.15. The molecule has 8 heteroatoms. The van der Waals surface area contributed by atoms with Gasteiger partial charge in [0.25, 0.3) is 5.91 Å². The molecule has 0 unspecified atom stereocenters. The van der Waals surface area contributed by atoms with Gasteiger partial charge >= 0.3 is 5.97 Å². The normalized spacial score (nSPS) is 13.2. The molecule has 0 saturated carbocycles. The molecule has 1 aromatic carbocycles. The van der Waals surface area contributed by atoms with Crippen molar-refractivity contribution in [2.45, 2.75) is 39.5 Å². The quantitative estimate of drug-likeness (QED) is 0.241. The second-order valence-corrected chi connectivity index (χ2v) is 10.2. The van der Waals surface area contributed by atoms with E-state index < -0.39 is 5.91 Å². The second-order valence-electron chi connectivity index (χ2n) is 8.18. The number of fused-ring (bicyclic) bond motifs is 1. The summed E-state index contributed by atoms with van der Waals surface area (Å²) in [4.78, 5) is 26.7. The maximum Gasteiger partial charge on any atom is 0.341 e. The lowest BCUT2D eigenvalue weighted by Gasteiger charge is -2.12. The van der Waals surface area contributed by atoms with Crippen LogP contribution in [0.5, 0.6) is 0 Å². The van der Waals surface area contributed by atoms with Crippen LogP contribution in [0.25, 0.3) is 11.1 Å². The van der Waals surface area contributed by atoms with Crippen molar-refractivity contribution >= 4 is 50.9 Å². The first kappa shape index (κ1) is 24.0. The standard InChI is InChI=1S/C26H24BrN3O3S/c1-15-12-17(13-18(14-28)24(31)29-20-10-8-19(27)9-11-20)16(2)30(15)25-23(26(32)33-3)21-6-4-5-7-22(21)34-25/h8-13H,4-7H2,1-3H3,(H,29,31)/b18-13-. The second kappa shape index (κ2) is 10.00. The molecule has 0 spiro atoms. The van der Waals surface area contributed by atoms with Crippen LogP contribution in [0, 0.1) is 25.2 Å². The van der Waals surface area contributed by atoms with Gasteiger partial charge in [0.1, 0.15) is 16.6 Å². The van der Waals surface area contributed by atoms with Gasteiger partial charge in [0.15, 0.2) is 0 Å². The van der Waals surface area contributed by atoms with E-state index in [0.717, 1.165) is 57.7 Å². The van der Waals surface area contributed by atoms with Crippen LogP contribution >= 0.6 is 27.3 Å². The summed E-state index contributed by atoms with van der Waals surface area (Å²) in [5.74, 6) is -0.804. The predicted octanol–water partition coefficient (Wildman–Crippen LogP) is 6.13. The van der Waals surface area contributed by atoms with Crippen LogP contribution in [-0.4, -0.2) is 23.6 Å². The van der Waals surface area contributed by atoms with Gasteiger partial charge in [-0.1, -0.05) is 15.9 Å². The number of halogens is 1. The number of nitrogens with zero attached hydrogens (tertiary/aromatic N) is 2. The van der Waals surface area contributed by atoms with E-state index >= 15 is 0 Å². The van der Waals surface area contributed by atoms with Crippen LogP contribution in [0.3, 0.4) is 0 Å². The summed E-state index contributed by atoms with van der Waals surface area (Å²) in [6, 6.07) is 11.1. The SMILES string of the molecule is COC(=O)c1c(-n2c(C)cc(/C=C(/C#N)C(=O)Nc3ccc(Br)cc3)c2C)sc2c1CCCC2. The van der Waals surface area contributed by atoms with E-state index in [9.17, 15) is 14.9 Å². The molecule has 1 N–H and O–H groups in total. The molecule has 2 heterocycles. The third-order valence-electron chi connectivity index (χ3n) is 5.98. The van der Waals surface area contributed by atoms with Gasteiger partial charge in [0, 0.05) is 26.4 Å². The Labute approximate surface area is 211 Å². The van der Waals surface area contributed by atoms with Gasteiger partial charge in [-0.15, -0.1) is 11.3 Å². The van der Waals surface area contributed by atoms with E-state index in [4.69, 9.17) is 4.74 Å². The molecule has 2 aromatic heterocycles. The third kappa shape index (κ3) is 4.59. The smallest absolute Gasteiger partial charge is 0.341 e. The van der Waals surface area contributed by atoms with E-state index in [-0.39, 0.29) is 11.5 Å². The van der Waals surface area contributed by atoms with Crippen LogP contribution in [0.2, 0.25) is 0 Å². The number of esters is 1. The zero-order valence-electron chi connectivity index (χ0n) is 19.2. The minimum atomic E-state index is -0.475. The Balaban J connectivity index is 1.73. The summed E-state index contributed by atoms with van der Waals surface area (Å²) in [5.41, 5.74) is 4.85. The minimum Gasteiger partial charge on any atom is -0.465 e. The Morgan fingerprint density at radius 1 is 1.21 bits per heavy atom. The van der Waals surface area contributed by atoms with E-state index in [1.165, 1.54) is 12.0 Å². The molecule has 0 radical (unpaired) electrons. The summed E-state index contributed by atoms with van der Waals surface area (Å²) < 4.78 is 8.06. The summed E-state index contributed by atoms with van der Waals surface area (Å²) in [6.07, 6.45) is 5.61. The van der Waals surface area contributed by atoms with Gasteiger partial charge in [-0.3, -0.25) is 4.79 Å². The number of amides is 1. The van der Waals surface area contributed by atoms with Crippen molar-refractivity contribution in [3.63, 3.8) is 0 Å². The molecule has 3 aromatic rings. The van der Waals surface area contributed by atoms with Crippen LogP contribution in [0.4, 0.5) is 5.69 Å². The third-order valence-corrected chi connectivity index (χ3v) is 7.79. The number of nitriles is 1. The number of aryl methyl sites for hydroxylation is 2. The number of thiophene rings is 1. The van der Waals surface area contributed by atoms with Crippen molar-refractivity contribution in [2.24, 2.45) is 0 Å². The lowest BCUT2D eigenvalue weighted by molar-refractivity contribution is -0.112. The Bertz CT molecular complexity index is 1340. The minimum absolute atomic E-state index is 0.00170. The van der Waals surface area contributed by atoms with Gasteiger partial charge in [-0.05, 0) is 87.1 Å². The fourth-order valence-electron chi connectivity index (χ4n) is 4.30. The number of ether oxygens (including phenoxy) is 1. The summed E-state index contributed by atoms with van der Waals surface area (Å²) in [5, 5.41) is 13.3. The number of hydrogen-bond acceptors (Lipinski definition) is 5. The molecule has 34 heavy (non-hydrogen) atoms. The molecule has 1 aliphatic rings. The molecular formula is C26H24BrN3O3S. The highest BCUT2D eigenvalue weighted by atomic mass is 79.9. The van der Waals surface area contributed by atoms with E-state index in [2.05, 4.69) is 21.2 Å². The number of hydrogen-bond donors (Lipinski definition) is 1. The van der Waals surface area contributed by atoms with Crippen molar-refractivity contribution < 1.29 is 14.3 Å². The van der Waals surface area contributed by atoms with E-state index in [1.54, 1.807) is 29.5 Å². The van der Waals surface area contributed by atoms with Gasteiger partial charge in [0.05, 0.1) is 12.7 Å². The topological polar surface area (TPSA) is 84.1 Å². The molecule has 174 valence electrons. The van der Waals surface area contributed by atoms with Crippen LogP contribution in [0.1, 0.15) is 50.6 Å². The Kier molecular flexibility index (Phi) is 7.05. The van der Waals surface area contributed by atoms with Gasteiger partial charge in [0.2, 0.25) is 0 Å². The monoisotopic (exact) mass is 537 g/mol. The zero-order valence-corrected chi connectivity index (χ0v) is 21.6. The molecule has 1 amide bonds.